The van der Waals surface area contributed by atoms with Crippen LogP contribution in [0.5, 0.6) is 0 Å². The van der Waals surface area contributed by atoms with Crippen molar-refractivity contribution in [2.24, 2.45) is 11.6 Å². The van der Waals surface area contributed by atoms with Gasteiger partial charge in [-0.25, -0.2) is 10.7 Å². The molecule has 0 bridgehead atoms. The third-order valence-electron chi connectivity index (χ3n) is 2.16. The Morgan fingerprint density at radius 3 is 2.47 bits per heavy atom. The first-order valence-electron chi connectivity index (χ1n) is 4.59. The molecule has 0 atom stereocenters. The van der Waals surface area contributed by atoms with Crippen molar-refractivity contribution in [3.8, 4) is 0 Å². The summed E-state index contributed by atoms with van der Waals surface area (Å²) in [4.78, 5) is 16.7. The average Bonchev–Trinajstić information content (AvgIpc) is 2.26. The SMILES string of the molecule is CN(C(N)=O)c1ccc(CCON)cc1. The zero-order valence-corrected chi connectivity index (χ0v) is 8.64. The van der Waals surface area contributed by atoms with Crippen LogP contribution in [0.3, 0.4) is 0 Å². The highest BCUT2D eigenvalue weighted by molar-refractivity contribution is 5.89. The lowest BCUT2D eigenvalue weighted by Crippen LogP contribution is -2.31. The first-order valence-corrected chi connectivity index (χ1v) is 4.59. The van der Waals surface area contributed by atoms with Crippen molar-refractivity contribution < 1.29 is 9.63 Å². The largest absolute Gasteiger partial charge is 0.351 e. The van der Waals surface area contributed by atoms with E-state index in [0.29, 0.717) is 6.61 Å². The van der Waals surface area contributed by atoms with Gasteiger partial charge in [0.1, 0.15) is 0 Å². The Morgan fingerprint density at radius 2 is 2.00 bits per heavy atom. The van der Waals surface area contributed by atoms with Gasteiger partial charge in [0.05, 0.1) is 6.61 Å². The van der Waals surface area contributed by atoms with Gasteiger partial charge >= 0.3 is 6.03 Å². The number of nitrogens with two attached hydrogens (primary N) is 2. The molecular weight excluding hydrogens is 194 g/mol. The van der Waals surface area contributed by atoms with E-state index >= 15 is 0 Å². The Bertz CT molecular complexity index is 324. The number of primary amides is 1. The summed E-state index contributed by atoms with van der Waals surface area (Å²) in [5.74, 6) is 4.92. The normalized spacial score (nSPS) is 10.0. The van der Waals surface area contributed by atoms with Crippen molar-refractivity contribution in [3.63, 3.8) is 0 Å². The fourth-order valence-corrected chi connectivity index (χ4v) is 1.19. The first-order chi connectivity index (χ1) is 7.15. The van der Waals surface area contributed by atoms with E-state index in [9.17, 15) is 4.79 Å². The third-order valence-corrected chi connectivity index (χ3v) is 2.16. The van der Waals surface area contributed by atoms with Crippen LogP contribution in [0.25, 0.3) is 0 Å². The number of nitrogens with zero attached hydrogens (tertiary/aromatic N) is 1. The number of carbonyl (C=O) groups is 1. The second-order valence-corrected chi connectivity index (χ2v) is 3.18. The Morgan fingerprint density at radius 1 is 1.40 bits per heavy atom. The van der Waals surface area contributed by atoms with E-state index in [4.69, 9.17) is 11.6 Å². The second-order valence-electron chi connectivity index (χ2n) is 3.18. The molecule has 0 aliphatic carbocycles. The molecule has 0 heterocycles. The van der Waals surface area contributed by atoms with Crippen LogP contribution in [-0.4, -0.2) is 19.7 Å². The molecule has 4 N–H and O–H groups in total. The number of hydrogen-bond donors (Lipinski definition) is 2. The Hall–Kier alpha value is -1.59. The molecule has 0 saturated heterocycles. The molecule has 15 heavy (non-hydrogen) atoms. The third kappa shape index (κ3) is 3.23. The molecule has 0 spiro atoms. The molecule has 0 unspecified atom stereocenters. The molecule has 0 radical (unpaired) electrons. The van der Waals surface area contributed by atoms with E-state index < -0.39 is 6.03 Å². The fraction of sp³-hybridized carbons (Fsp3) is 0.300. The summed E-state index contributed by atoms with van der Waals surface area (Å²) >= 11 is 0. The second kappa shape index (κ2) is 5.33. The predicted octanol–water partition coefficient (Wildman–Crippen LogP) is 0.634. The number of carbonyl (C=O) groups excluding carboxylic acids is 1. The highest BCUT2D eigenvalue weighted by atomic mass is 16.6. The molecule has 82 valence electrons. The summed E-state index contributed by atoms with van der Waals surface area (Å²) < 4.78 is 0. The van der Waals surface area contributed by atoms with Gasteiger partial charge in [0.15, 0.2) is 0 Å². The van der Waals surface area contributed by atoms with Crippen molar-refractivity contribution in [2.45, 2.75) is 6.42 Å². The van der Waals surface area contributed by atoms with E-state index in [0.717, 1.165) is 17.7 Å². The van der Waals surface area contributed by atoms with Gasteiger partial charge in [0.2, 0.25) is 0 Å². The molecule has 0 saturated carbocycles. The minimum atomic E-state index is -0.479. The molecule has 1 aromatic carbocycles. The Balaban J connectivity index is 2.67. The molecule has 0 aromatic heterocycles. The highest BCUT2D eigenvalue weighted by Gasteiger charge is 2.05. The van der Waals surface area contributed by atoms with Crippen molar-refractivity contribution in [3.05, 3.63) is 29.8 Å². The number of rotatable bonds is 4. The monoisotopic (exact) mass is 209 g/mol. The molecule has 1 aromatic rings. The van der Waals surface area contributed by atoms with Crippen molar-refractivity contribution in [1.29, 1.82) is 0 Å². The van der Waals surface area contributed by atoms with Gasteiger partial charge in [-0.1, -0.05) is 12.1 Å². The zero-order chi connectivity index (χ0) is 11.3. The topological polar surface area (TPSA) is 81.6 Å². The molecule has 5 heteroatoms. The number of benzene rings is 1. The van der Waals surface area contributed by atoms with Gasteiger partial charge in [0, 0.05) is 12.7 Å². The predicted molar refractivity (Wildman–Crippen MR) is 58.3 cm³/mol. The molecule has 1 rings (SSSR count). The van der Waals surface area contributed by atoms with Crippen LogP contribution >= 0.6 is 0 Å². The maximum absolute atomic E-state index is 10.9. The molecule has 5 nitrogen and oxygen atoms in total. The van der Waals surface area contributed by atoms with Crippen LogP contribution in [0, 0.1) is 0 Å². The molecule has 0 fully saturated rings. The number of hydrogen-bond acceptors (Lipinski definition) is 3. The first kappa shape index (κ1) is 11.5. The average molecular weight is 209 g/mol. The van der Waals surface area contributed by atoms with E-state index in [1.165, 1.54) is 4.90 Å². The lowest BCUT2D eigenvalue weighted by Gasteiger charge is -2.14. The van der Waals surface area contributed by atoms with Crippen LogP contribution in [-0.2, 0) is 11.3 Å². The molecular formula is C10H15N3O2. The standard InChI is InChI=1S/C10H15N3O2/c1-13(10(11)14)9-4-2-8(3-5-9)6-7-15-12/h2-5H,6-7,12H2,1H3,(H2,11,14). The number of amides is 2. The van der Waals surface area contributed by atoms with Crippen LogP contribution in [0.2, 0.25) is 0 Å². The van der Waals surface area contributed by atoms with Crippen molar-refractivity contribution in [2.75, 3.05) is 18.6 Å². The van der Waals surface area contributed by atoms with Gasteiger partial charge in [-0.2, -0.15) is 0 Å². The lowest BCUT2D eigenvalue weighted by atomic mass is 10.1. The van der Waals surface area contributed by atoms with E-state index in [1.807, 2.05) is 24.3 Å². The fourth-order valence-electron chi connectivity index (χ4n) is 1.19. The lowest BCUT2D eigenvalue weighted by molar-refractivity contribution is 0.141. The Labute approximate surface area is 88.6 Å². The van der Waals surface area contributed by atoms with Gasteiger partial charge < -0.3 is 10.6 Å². The number of urea groups is 1. The minimum Gasteiger partial charge on any atom is -0.351 e. The van der Waals surface area contributed by atoms with E-state index in [-0.39, 0.29) is 0 Å². The van der Waals surface area contributed by atoms with Gasteiger partial charge in [-0.15, -0.1) is 0 Å². The summed E-state index contributed by atoms with van der Waals surface area (Å²) in [5.41, 5.74) is 7.00. The molecule has 2 amide bonds. The van der Waals surface area contributed by atoms with Gasteiger partial charge in [0.25, 0.3) is 0 Å². The molecule has 0 aliphatic rings. The van der Waals surface area contributed by atoms with Crippen LogP contribution in [0.1, 0.15) is 5.56 Å². The van der Waals surface area contributed by atoms with E-state index in [1.54, 1.807) is 7.05 Å². The van der Waals surface area contributed by atoms with Gasteiger partial charge in [-0.05, 0) is 24.1 Å². The highest BCUT2D eigenvalue weighted by Crippen LogP contribution is 2.13. The quantitative estimate of drug-likeness (QED) is 0.714. The van der Waals surface area contributed by atoms with Crippen LogP contribution in [0.4, 0.5) is 10.5 Å². The summed E-state index contributed by atoms with van der Waals surface area (Å²) in [7, 11) is 1.63. The van der Waals surface area contributed by atoms with Crippen molar-refractivity contribution in [1.82, 2.24) is 0 Å². The maximum atomic E-state index is 10.9. The smallest absolute Gasteiger partial charge is 0.318 e. The van der Waals surface area contributed by atoms with E-state index in [2.05, 4.69) is 4.84 Å². The summed E-state index contributed by atoms with van der Waals surface area (Å²) in [5, 5.41) is 0. The van der Waals surface area contributed by atoms with Crippen LogP contribution < -0.4 is 16.5 Å². The van der Waals surface area contributed by atoms with Gasteiger partial charge in [-0.3, -0.25) is 4.90 Å². The minimum absolute atomic E-state index is 0.477. The summed E-state index contributed by atoms with van der Waals surface area (Å²) in [6.45, 7) is 0.477. The molecule has 0 aliphatic heterocycles. The van der Waals surface area contributed by atoms with Crippen molar-refractivity contribution >= 4 is 11.7 Å². The summed E-state index contributed by atoms with van der Waals surface area (Å²) in [6.07, 6.45) is 0.747. The Kier molecular flexibility index (Phi) is 4.08. The summed E-state index contributed by atoms with van der Waals surface area (Å²) in [6, 6.07) is 7.00. The zero-order valence-electron chi connectivity index (χ0n) is 8.64. The van der Waals surface area contributed by atoms with Crippen LogP contribution in [0.15, 0.2) is 24.3 Å². The maximum Gasteiger partial charge on any atom is 0.318 e. The number of anilines is 1.